The van der Waals surface area contributed by atoms with Crippen molar-refractivity contribution in [3.8, 4) is 11.5 Å². The first-order chi connectivity index (χ1) is 20.3. The summed E-state index contributed by atoms with van der Waals surface area (Å²) < 4.78 is 40.4. The van der Waals surface area contributed by atoms with Crippen LogP contribution in [0.4, 0.5) is 5.69 Å². The number of aryl methyl sites for hydroxylation is 3. The molecule has 0 heterocycles. The molecule has 0 aromatic heterocycles. The minimum atomic E-state index is -4.28. The van der Waals surface area contributed by atoms with Crippen LogP contribution in [0.3, 0.4) is 0 Å². The molecule has 3 rings (SSSR count). The Bertz CT molecular complexity index is 1530. The summed E-state index contributed by atoms with van der Waals surface area (Å²) in [7, 11) is -1.38. The van der Waals surface area contributed by atoms with Gasteiger partial charge in [-0.25, -0.2) is 8.42 Å². The van der Waals surface area contributed by atoms with E-state index in [1.165, 1.54) is 37.3 Å². The summed E-state index contributed by atoms with van der Waals surface area (Å²) >= 11 is 0. The number of hydrogen-bond donors (Lipinski definition) is 1. The molecule has 0 saturated carbocycles. The molecule has 0 aliphatic rings. The van der Waals surface area contributed by atoms with E-state index in [2.05, 4.69) is 5.32 Å². The molecule has 0 aliphatic heterocycles. The number of ether oxygens (including phenoxy) is 2. The van der Waals surface area contributed by atoms with Crippen LogP contribution < -0.4 is 19.1 Å². The number of nitrogens with zero attached hydrogens (tertiary/aromatic N) is 2. The summed E-state index contributed by atoms with van der Waals surface area (Å²) in [4.78, 5) is 29.1. The van der Waals surface area contributed by atoms with E-state index in [0.717, 1.165) is 26.6 Å². The van der Waals surface area contributed by atoms with Crippen LogP contribution in [0.25, 0.3) is 0 Å². The van der Waals surface area contributed by atoms with Gasteiger partial charge in [-0.3, -0.25) is 13.9 Å². The van der Waals surface area contributed by atoms with Crippen molar-refractivity contribution in [2.45, 2.75) is 71.5 Å². The quantitative estimate of drug-likeness (QED) is 0.287. The Morgan fingerprint density at radius 1 is 0.884 bits per heavy atom. The molecule has 43 heavy (non-hydrogen) atoms. The SMILES string of the molecule is CC[C@H](C(=O)NC(C)C)N(Cc1ccccc1C)C(=O)CN(c1cc(C)cc(C)c1)S(=O)(=O)c1ccc(OC)c(OC)c1. The first kappa shape index (κ1) is 33.5. The number of methoxy groups -OCH3 is 2. The van der Waals surface area contributed by atoms with Crippen LogP contribution in [-0.4, -0.2) is 58.0 Å². The Labute approximate surface area is 255 Å². The standard InChI is InChI=1S/C33H43N3O6S/c1-9-29(33(38)34-22(2)3)35(20-26-13-11-10-12-25(26)6)32(37)21-36(27-17-23(4)16-24(5)18-27)43(39,40)28-14-15-30(41-7)31(19-28)42-8/h10-19,22,29H,9,20-21H2,1-8H3,(H,34,38)/t29-/m1/s1. The summed E-state index contributed by atoms with van der Waals surface area (Å²) in [5.41, 5.74) is 3.86. The molecule has 0 bridgehead atoms. The largest absolute Gasteiger partial charge is 0.493 e. The molecule has 10 heteroatoms. The van der Waals surface area contributed by atoms with Crippen LogP contribution >= 0.6 is 0 Å². The van der Waals surface area contributed by atoms with Gasteiger partial charge in [0.25, 0.3) is 10.0 Å². The summed E-state index contributed by atoms with van der Waals surface area (Å²) in [5.74, 6) is -0.174. The van der Waals surface area contributed by atoms with E-state index in [4.69, 9.17) is 9.47 Å². The van der Waals surface area contributed by atoms with Crippen molar-refractivity contribution in [3.05, 3.63) is 82.9 Å². The fraction of sp³-hybridized carbons (Fsp3) is 0.394. The van der Waals surface area contributed by atoms with Gasteiger partial charge in [-0.2, -0.15) is 0 Å². The third-order valence-electron chi connectivity index (χ3n) is 7.14. The number of anilines is 1. The molecule has 2 amide bonds. The maximum atomic E-state index is 14.3. The van der Waals surface area contributed by atoms with Crippen molar-refractivity contribution in [1.82, 2.24) is 10.2 Å². The van der Waals surface area contributed by atoms with Crippen LogP contribution in [0.2, 0.25) is 0 Å². The van der Waals surface area contributed by atoms with Gasteiger partial charge < -0.3 is 19.7 Å². The number of carbonyl (C=O) groups is 2. The number of amides is 2. The van der Waals surface area contributed by atoms with Gasteiger partial charge in [0.2, 0.25) is 11.8 Å². The molecule has 0 aliphatic carbocycles. The summed E-state index contributed by atoms with van der Waals surface area (Å²) in [6, 6.07) is 16.4. The van der Waals surface area contributed by atoms with E-state index < -0.39 is 28.5 Å². The molecule has 0 radical (unpaired) electrons. The zero-order valence-corrected chi connectivity index (χ0v) is 27.1. The number of hydrogen-bond acceptors (Lipinski definition) is 6. The van der Waals surface area contributed by atoms with Crippen molar-refractivity contribution >= 4 is 27.5 Å². The van der Waals surface area contributed by atoms with Gasteiger partial charge in [0.05, 0.1) is 24.8 Å². The lowest BCUT2D eigenvalue weighted by Gasteiger charge is -2.34. The monoisotopic (exact) mass is 609 g/mol. The van der Waals surface area contributed by atoms with E-state index in [9.17, 15) is 18.0 Å². The summed E-state index contributed by atoms with van der Waals surface area (Å²) in [6.07, 6.45) is 0.349. The number of benzene rings is 3. The minimum Gasteiger partial charge on any atom is -0.493 e. The highest BCUT2D eigenvalue weighted by atomic mass is 32.2. The summed E-state index contributed by atoms with van der Waals surface area (Å²) in [6.45, 7) is 10.9. The van der Waals surface area contributed by atoms with E-state index in [0.29, 0.717) is 17.9 Å². The van der Waals surface area contributed by atoms with Gasteiger partial charge in [-0.1, -0.05) is 37.3 Å². The number of sulfonamides is 1. The fourth-order valence-corrected chi connectivity index (χ4v) is 6.41. The highest BCUT2D eigenvalue weighted by molar-refractivity contribution is 7.92. The van der Waals surface area contributed by atoms with E-state index in [1.807, 2.05) is 71.9 Å². The van der Waals surface area contributed by atoms with Gasteiger partial charge in [0, 0.05) is 18.7 Å². The average molecular weight is 610 g/mol. The van der Waals surface area contributed by atoms with Gasteiger partial charge in [0.15, 0.2) is 11.5 Å². The molecule has 0 fully saturated rings. The van der Waals surface area contributed by atoms with Crippen LogP contribution in [0.1, 0.15) is 49.4 Å². The molecule has 232 valence electrons. The van der Waals surface area contributed by atoms with Crippen LogP contribution in [-0.2, 0) is 26.2 Å². The van der Waals surface area contributed by atoms with Crippen LogP contribution in [0, 0.1) is 20.8 Å². The molecule has 0 saturated heterocycles. The molecular weight excluding hydrogens is 566 g/mol. The first-order valence-corrected chi connectivity index (χ1v) is 15.7. The van der Waals surface area contributed by atoms with E-state index >= 15 is 0 Å². The number of rotatable bonds is 13. The zero-order chi connectivity index (χ0) is 31.9. The van der Waals surface area contributed by atoms with Gasteiger partial charge >= 0.3 is 0 Å². The lowest BCUT2D eigenvalue weighted by molar-refractivity contribution is -0.140. The second-order valence-electron chi connectivity index (χ2n) is 10.9. The predicted molar refractivity (Wildman–Crippen MR) is 169 cm³/mol. The smallest absolute Gasteiger partial charge is 0.264 e. The Morgan fingerprint density at radius 2 is 1.51 bits per heavy atom. The Hall–Kier alpha value is -4.05. The Morgan fingerprint density at radius 3 is 2.07 bits per heavy atom. The van der Waals surface area contributed by atoms with Crippen molar-refractivity contribution in [3.63, 3.8) is 0 Å². The maximum Gasteiger partial charge on any atom is 0.264 e. The van der Waals surface area contributed by atoms with E-state index in [1.54, 1.807) is 12.1 Å². The van der Waals surface area contributed by atoms with Crippen molar-refractivity contribution < 1.29 is 27.5 Å². The molecule has 3 aromatic rings. The molecular formula is C33H43N3O6S. The highest BCUT2D eigenvalue weighted by Crippen LogP contribution is 2.33. The predicted octanol–water partition coefficient (Wildman–Crippen LogP) is 5.16. The summed E-state index contributed by atoms with van der Waals surface area (Å²) in [5, 5.41) is 2.92. The zero-order valence-electron chi connectivity index (χ0n) is 26.3. The third-order valence-corrected chi connectivity index (χ3v) is 8.90. The highest BCUT2D eigenvalue weighted by Gasteiger charge is 2.34. The van der Waals surface area contributed by atoms with Gasteiger partial charge in [-0.15, -0.1) is 0 Å². The second kappa shape index (κ2) is 14.4. The molecule has 0 unspecified atom stereocenters. The van der Waals surface area contributed by atoms with Gasteiger partial charge in [-0.05, 0) is 87.6 Å². The second-order valence-corrected chi connectivity index (χ2v) is 12.8. The molecule has 1 N–H and O–H groups in total. The lowest BCUT2D eigenvalue weighted by atomic mass is 10.1. The molecule has 0 spiro atoms. The van der Waals surface area contributed by atoms with Crippen LogP contribution in [0.15, 0.2) is 65.6 Å². The molecule has 9 nitrogen and oxygen atoms in total. The number of carbonyl (C=O) groups excluding carboxylic acids is 2. The fourth-order valence-electron chi connectivity index (χ4n) is 5.00. The third kappa shape index (κ3) is 8.07. The van der Waals surface area contributed by atoms with Crippen molar-refractivity contribution in [2.24, 2.45) is 0 Å². The van der Waals surface area contributed by atoms with E-state index in [-0.39, 0.29) is 29.1 Å². The normalized spacial score (nSPS) is 12.0. The topological polar surface area (TPSA) is 105 Å². The minimum absolute atomic E-state index is 0.0628. The Balaban J connectivity index is 2.15. The maximum absolute atomic E-state index is 14.3. The van der Waals surface area contributed by atoms with Crippen molar-refractivity contribution in [1.29, 1.82) is 0 Å². The molecule has 3 aromatic carbocycles. The molecule has 1 atom stereocenters. The average Bonchev–Trinajstić information content (AvgIpc) is 2.95. The first-order valence-electron chi connectivity index (χ1n) is 14.3. The Kier molecular flexibility index (Phi) is 11.2. The van der Waals surface area contributed by atoms with Gasteiger partial charge in [0.1, 0.15) is 12.6 Å². The van der Waals surface area contributed by atoms with Crippen molar-refractivity contribution in [2.75, 3.05) is 25.1 Å². The lowest BCUT2D eigenvalue weighted by Crippen LogP contribution is -2.53. The van der Waals surface area contributed by atoms with Crippen LogP contribution in [0.5, 0.6) is 11.5 Å². The number of nitrogens with one attached hydrogen (secondary N) is 1.